The summed E-state index contributed by atoms with van der Waals surface area (Å²) in [6, 6.07) is 10.2. The number of benzene rings is 1. The van der Waals surface area contributed by atoms with Crippen molar-refractivity contribution in [3.8, 4) is 0 Å². The van der Waals surface area contributed by atoms with Crippen molar-refractivity contribution >= 4 is 27.4 Å². The van der Waals surface area contributed by atoms with Crippen LogP contribution >= 0.6 is 11.3 Å². The molecule has 2 nitrogen and oxygen atoms in total. The van der Waals surface area contributed by atoms with Gasteiger partial charge in [-0.15, -0.1) is 17.9 Å². The van der Waals surface area contributed by atoms with E-state index in [1.54, 1.807) is 17.4 Å². The van der Waals surface area contributed by atoms with E-state index in [4.69, 9.17) is 4.74 Å². The molecular weight excluding hydrogens is 220 g/mol. The van der Waals surface area contributed by atoms with Gasteiger partial charge in [-0.1, -0.05) is 24.3 Å². The van der Waals surface area contributed by atoms with Crippen LogP contribution < -0.4 is 0 Å². The van der Waals surface area contributed by atoms with Gasteiger partial charge in [-0.3, -0.25) is 4.79 Å². The number of rotatable bonds is 4. The van der Waals surface area contributed by atoms with Crippen molar-refractivity contribution < 1.29 is 9.53 Å². The van der Waals surface area contributed by atoms with Crippen LogP contribution in [-0.4, -0.2) is 5.97 Å². The number of esters is 1. The van der Waals surface area contributed by atoms with E-state index >= 15 is 0 Å². The Morgan fingerprint density at radius 1 is 1.44 bits per heavy atom. The molecule has 0 spiro atoms. The third-order valence-corrected chi connectivity index (χ3v) is 3.25. The lowest BCUT2D eigenvalue weighted by Gasteiger charge is -1.99. The van der Waals surface area contributed by atoms with Gasteiger partial charge in [-0.05, 0) is 17.5 Å². The first kappa shape index (κ1) is 10.9. The lowest BCUT2D eigenvalue weighted by Crippen LogP contribution is -2.01. The molecule has 1 heterocycles. The van der Waals surface area contributed by atoms with Crippen LogP contribution in [0.4, 0.5) is 0 Å². The molecule has 1 aromatic heterocycles. The summed E-state index contributed by atoms with van der Waals surface area (Å²) in [4.78, 5) is 12.2. The number of hydrogen-bond donors (Lipinski definition) is 0. The Labute approximate surface area is 98.2 Å². The SMILES string of the molecule is C=CCC(=O)OCc1cc2ccccc2s1. The molecule has 1 aromatic carbocycles. The molecule has 0 N–H and O–H groups in total. The first-order valence-corrected chi connectivity index (χ1v) is 5.85. The van der Waals surface area contributed by atoms with Gasteiger partial charge in [-0.25, -0.2) is 0 Å². The monoisotopic (exact) mass is 232 g/mol. The molecule has 0 aliphatic heterocycles. The Balaban J connectivity index is 2.04. The summed E-state index contributed by atoms with van der Waals surface area (Å²) < 4.78 is 6.32. The molecule has 0 saturated heterocycles. The summed E-state index contributed by atoms with van der Waals surface area (Å²) >= 11 is 1.65. The summed E-state index contributed by atoms with van der Waals surface area (Å²) in [5.74, 6) is -0.229. The predicted molar refractivity (Wildman–Crippen MR) is 66.4 cm³/mol. The molecule has 16 heavy (non-hydrogen) atoms. The van der Waals surface area contributed by atoms with Gasteiger partial charge < -0.3 is 4.74 Å². The number of carbonyl (C=O) groups excluding carboxylic acids is 1. The van der Waals surface area contributed by atoms with Crippen LogP contribution in [-0.2, 0) is 16.1 Å². The highest BCUT2D eigenvalue weighted by Crippen LogP contribution is 2.25. The van der Waals surface area contributed by atoms with E-state index < -0.39 is 0 Å². The highest BCUT2D eigenvalue weighted by atomic mass is 32.1. The van der Waals surface area contributed by atoms with E-state index in [-0.39, 0.29) is 12.4 Å². The second kappa shape index (κ2) is 4.94. The van der Waals surface area contributed by atoms with Crippen LogP contribution in [0.3, 0.4) is 0 Å². The van der Waals surface area contributed by atoms with Gasteiger partial charge in [-0.2, -0.15) is 0 Å². The highest BCUT2D eigenvalue weighted by molar-refractivity contribution is 7.19. The van der Waals surface area contributed by atoms with E-state index in [2.05, 4.69) is 24.8 Å². The maximum atomic E-state index is 11.1. The smallest absolute Gasteiger partial charge is 0.309 e. The van der Waals surface area contributed by atoms with Crippen LogP contribution in [0.5, 0.6) is 0 Å². The molecule has 0 unspecified atom stereocenters. The third kappa shape index (κ3) is 2.49. The van der Waals surface area contributed by atoms with E-state index in [0.717, 1.165) is 4.88 Å². The minimum absolute atomic E-state index is 0.229. The van der Waals surface area contributed by atoms with Crippen LogP contribution in [0.1, 0.15) is 11.3 Å². The van der Waals surface area contributed by atoms with Gasteiger partial charge in [0.2, 0.25) is 0 Å². The Bertz CT molecular complexity index is 480. The van der Waals surface area contributed by atoms with Crippen molar-refractivity contribution in [3.63, 3.8) is 0 Å². The molecular formula is C13H12O2S. The Morgan fingerprint density at radius 2 is 2.25 bits per heavy atom. The first-order valence-electron chi connectivity index (χ1n) is 5.03. The van der Waals surface area contributed by atoms with Crippen molar-refractivity contribution in [3.05, 3.63) is 47.9 Å². The minimum atomic E-state index is -0.229. The van der Waals surface area contributed by atoms with E-state index in [1.807, 2.05) is 12.1 Å². The lowest BCUT2D eigenvalue weighted by molar-refractivity contribution is -0.143. The second-order valence-corrected chi connectivity index (χ2v) is 4.57. The first-order chi connectivity index (χ1) is 7.79. The molecule has 0 bridgehead atoms. The van der Waals surface area contributed by atoms with Crippen molar-refractivity contribution in [1.29, 1.82) is 0 Å². The number of hydrogen-bond acceptors (Lipinski definition) is 3. The number of carbonyl (C=O) groups is 1. The fourth-order valence-electron chi connectivity index (χ4n) is 1.44. The van der Waals surface area contributed by atoms with Gasteiger partial charge in [0.15, 0.2) is 0 Å². The van der Waals surface area contributed by atoms with Crippen LogP contribution in [0.2, 0.25) is 0 Å². The summed E-state index contributed by atoms with van der Waals surface area (Å²) in [6.07, 6.45) is 1.82. The van der Waals surface area contributed by atoms with Gasteiger partial charge in [0.1, 0.15) is 6.61 Å². The van der Waals surface area contributed by atoms with Gasteiger partial charge in [0, 0.05) is 9.58 Å². The van der Waals surface area contributed by atoms with Crippen molar-refractivity contribution in [2.75, 3.05) is 0 Å². The average molecular weight is 232 g/mol. The molecule has 82 valence electrons. The number of thiophene rings is 1. The summed E-state index contributed by atoms with van der Waals surface area (Å²) in [5, 5.41) is 1.20. The molecule has 3 heteroatoms. The zero-order chi connectivity index (χ0) is 11.4. The molecule has 0 atom stereocenters. The van der Waals surface area contributed by atoms with E-state index in [9.17, 15) is 4.79 Å². The number of ether oxygens (including phenoxy) is 1. The third-order valence-electron chi connectivity index (χ3n) is 2.16. The fraction of sp³-hybridized carbons (Fsp3) is 0.154. The van der Waals surface area contributed by atoms with Crippen molar-refractivity contribution in [2.45, 2.75) is 13.0 Å². The normalized spacial score (nSPS) is 10.2. The molecule has 0 saturated carbocycles. The standard InChI is InChI=1S/C13H12O2S/c1-2-5-13(14)15-9-11-8-10-6-3-4-7-12(10)16-11/h2-4,6-8H,1,5,9H2. The Kier molecular flexibility index (Phi) is 3.37. The molecule has 0 radical (unpaired) electrons. The molecule has 0 aliphatic rings. The topological polar surface area (TPSA) is 26.3 Å². The van der Waals surface area contributed by atoms with Crippen molar-refractivity contribution in [1.82, 2.24) is 0 Å². The molecule has 0 amide bonds. The van der Waals surface area contributed by atoms with E-state index in [1.165, 1.54) is 10.1 Å². The molecule has 0 fully saturated rings. The largest absolute Gasteiger partial charge is 0.460 e. The zero-order valence-electron chi connectivity index (χ0n) is 8.81. The predicted octanol–water partition coefficient (Wildman–Crippen LogP) is 3.52. The van der Waals surface area contributed by atoms with Gasteiger partial charge in [0.25, 0.3) is 0 Å². The minimum Gasteiger partial charge on any atom is -0.460 e. The van der Waals surface area contributed by atoms with Gasteiger partial charge in [0.05, 0.1) is 6.42 Å². The quantitative estimate of drug-likeness (QED) is 0.595. The highest BCUT2D eigenvalue weighted by Gasteiger charge is 2.04. The number of fused-ring (bicyclic) bond motifs is 1. The molecule has 2 rings (SSSR count). The van der Waals surface area contributed by atoms with E-state index in [0.29, 0.717) is 6.61 Å². The van der Waals surface area contributed by atoms with Gasteiger partial charge >= 0.3 is 5.97 Å². The molecule has 2 aromatic rings. The van der Waals surface area contributed by atoms with Crippen molar-refractivity contribution in [2.24, 2.45) is 0 Å². The molecule has 0 aliphatic carbocycles. The Hall–Kier alpha value is -1.61. The Morgan fingerprint density at radius 3 is 3.00 bits per heavy atom. The van der Waals surface area contributed by atoms with Crippen LogP contribution in [0.25, 0.3) is 10.1 Å². The summed E-state index contributed by atoms with van der Waals surface area (Å²) in [7, 11) is 0. The fourth-order valence-corrected chi connectivity index (χ4v) is 2.41. The zero-order valence-corrected chi connectivity index (χ0v) is 9.63. The lowest BCUT2D eigenvalue weighted by atomic mass is 10.2. The maximum Gasteiger partial charge on any atom is 0.309 e. The second-order valence-electron chi connectivity index (χ2n) is 3.40. The van der Waals surface area contributed by atoms with Crippen LogP contribution in [0.15, 0.2) is 43.0 Å². The summed E-state index contributed by atoms with van der Waals surface area (Å²) in [6.45, 7) is 3.85. The summed E-state index contributed by atoms with van der Waals surface area (Å²) in [5.41, 5.74) is 0. The maximum absolute atomic E-state index is 11.1. The van der Waals surface area contributed by atoms with Crippen LogP contribution in [0, 0.1) is 0 Å². The average Bonchev–Trinajstić information content (AvgIpc) is 2.69.